The number of likely N-dealkylation sites (N-methyl/N-ethyl adjacent to an activating group) is 1. The number of halogens is 1. The van der Waals surface area contributed by atoms with Gasteiger partial charge in [0.1, 0.15) is 0 Å². The fraction of sp³-hybridized carbons (Fsp3) is 0.750. The fourth-order valence-electron chi connectivity index (χ4n) is 0.317. The summed E-state index contributed by atoms with van der Waals surface area (Å²) >= 11 is 1.82. The van der Waals surface area contributed by atoms with E-state index < -0.39 is 0 Å². The van der Waals surface area contributed by atoms with E-state index in [2.05, 4.69) is 3.53 Å². The minimum absolute atomic E-state index is 0.0376. The first-order chi connectivity index (χ1) is 3.66. The monoisotopic (exact) mass is 228 g/mol. The van der Waals surface area contributed by atoms with Crippen LogP contribution < -0.4 is 3.53 Å². The Morgan fingerprint density at radius 1 is 1.75 bits per heavy atom. The van der Waals surface area contributed by atoms with Crippen LogP contribution in [0.4, 0.5) is 0 Å². The van der Waals surface area contributed by atoms with Gasteiger partial charge < -0.3 is 4.90 Å². The summed E-state index contributed by atoms with van der Waals surface area (Å²) in [6.45, 7) is 0.461. The molecule has 48 valence electrons. The van der Waals surface area contributed by atoms with Gasteiger partial charge in [0.05, 0.1) is 29.4 Å². The molecule has 0 rings (SSSR count). The number of amides is 1. The zero-order chi connectivity index (χ0) is 6.57. The van der Waals surface area contributed by atoms with Crippen LogP contribution in [0.5, 0.6) is 0 Å². The van der Waals surface area contributed by atoms with E-state index in [1.807, 2.05) is 41.9 Å². The van der Waals surface area contributed by atoms with Gasteiger partial charge in [-0.05, 0) is 14.1 Å². The van der Waals surface area contributed by atoms with Crippen molar-refractivity contribution in [2.24, 2.45) is 0 Å². The Morgan fingerprint density at radius 2 is 2.25 bits per heavy atom. The van der Waals surface area contributed by atoms with Gasteiger partial charge in [-0.15, -0.1) is 0 Å². The van der Waals surface area contributed by atoms with Crippen molar-refractivity contribution in [3.05, 3.63) is 0 Å². The molecule has 0 aliphatic rings. The Morgan fingerprint density at radius 3 is 2.38 bits per heavy atom. The lowest BCUT2D eigenvalue weighted by Gasteiger charge is -2.05. The molecule has 0 radical (unpaired) electrons. The summed E-state index contributed by atoms with van der Waals surface area (Å²) in [5.41, 5.74) is 0. The van der Waals surface area contributed by atoms with E-state index in [0.717, 1.165) is 0 Å². The van der Waals surface area contributed by atoms with E-state index >= 15 is 0 Å². The van der Waals surface area contributed by atoms with Crippen molar-refractivity contribution in [2.75, 3.05) is 20.6 Å². The molecule has 0 heterocycles. The molecule has 0 aliphatic carbocycles. The van der Waals surface area contributed by atoms with E-state index in [9.17, 15) is 4.79 Å². The molecule has 0 aromatic heterocycles. The average molecular weight is 228 g/mol. The first-order valence-electron chi connectivity index (χ1n) is 2.21. The van der Waals surface area contributed by atoms with Crippen molar-refractivity contribution in [1.29, 1.82) is 0 Å². The lowest BCUT2D eigenvalue weighted by atomic mass is 10.6. The quantitative estimate of drug-likeness (QED) is 0.533. The summed E-state index contributed by atoms with van der Waals surface area (Å²) in [7, 11) is 3.71. The van der Waals surface area contributed by atoms with Crippen molar-refractivity contribution in [3.63, 3.8) is 0 Å². The summed E-state index contributed by atoms with van der Waals surface area (Å²) in [6.07, 6.45) is 0. The summed E-state index contributed by atoms with van der Waals surface area (Å²) in [6, 6.07) is 0. The molecule has 0 unspecified atom stereocenters. The number of carbonyl (C=O) groups excluding carboxylic acids is 1. The highest BCUT2D eigenvalue weighted by molar-refractivity contribution is 14.1. The van der Waals surface area contributed by atoms with E-state index in [1.54, 1.807) is 0 Å². The molecule has 0 fully saturated rings. The van der Waals surface area contributed by atoms with Crippen molar-refractivity contribution in [1.82, 2.24) is 8.43 Å². The summed E-state index contributed by atoms with van der Waals surface area (Å²) < 4.78 is 2.49. The zero-order valence-electron chi connectivity index (χ0n) is 4.94. The van der Waals surface area contributed by atoms with Gasteiger partial charge in [-0.1, -0.05) is 0 Å². The molecule has 0 aliphatic heterocycles. The number of hydrogen-bond acceptors (Lipinski definition) is 2. The van der Waals surface area contributed by atoms with Gasteiger partial charge in [0.2, 0.25) is 5.91 Å². The highest BCUT2D eigenvalue weighted by Gasteiger charge is 1.97. The van der Waals surface area contributed by atoms with Gasteiger partial charge in [0.15, 0.2) is 0 Å². The average Bonchev–Trinajstić information content (AvgIpc) is 1.65. The first-order valence-corrected chi connectivity index (χ1v) is 3.29. The van der Waals surface area contributed by atoms with E-state index in [0.29, 0.717) is 6.54 Å². The number of nitrogens with zero attached hydrogens (tertiary/aromatic N) is 1. The Balaban J connectivity index is 3.25. The minimum Gasteiger partial charge on any atom is -0.301 e. The largest absolute Gasteiger partial charge is 0.301 e. The molecule has 0 saturated carbocycles. The van der Waals surface area contributed by atoms with Crippen LogP contribution in [0.3, 0.4) is 0 Å². The van der Waals surface area contributed by atoms with Crippen LogP contribution in [-0.4, -0.2) is 31.4 Å². The van der Waals surface area contributed by atoms with E-state index in [-0.39, 0.29) is 5.91 Å². The molecule has 4 heteroatoms. The number of nitrogens with one attached hydrogen (secondary N) is 1. The van der Waals surface area contributed by atoms with Crippen molar-refractivity contribution in [2.45, 2.75) is 0 Å². The molecule has 1 N–H and O–H groups in total. The lowest BCUT2D eigenvalue weighted by Crippen LogP contribution is -2.27. The SMILES string of the molecule is CN(C)CC(=O)NI. The molecule has 0 spiro atoms. The van der Waals surface area contributed by atoms with Crippen LogP contribution in [-0.2, 0) is 4.79 Å². The number of hydrogen-bond donors (Lipinski definition) is 1. The lowest BCUT2D eigenvalue weighted by molar-refractivity contribution is -0.119. The summed E-state index contributed by atoms with van der Waals surface area (Å²) in [5, 5.41) is 0. The van der Waals surface area contributed by atoms with Crippen LogP contribution in [0.2, 0.25) is 0 Å². The predicted octanol–water partition coefficient (Wildman–Crippen LogP) is 0.0142. The van der Waals surface area contributed by atoms with Gasteiger partial charge in [0, 0.05) is 0 Å². The number of carbonyl (C=O) groups is 1. The number of rotatable bonds is 2. The molecule has 8 heavy (non-hydrogen) atoms. The molecule has 0 bridgehead atoms. The Labute approximate surface area is 62.9 Å². The molecule has 0 aromatic rings. The second kappa shape index (κ2) is 4.08. The van der Waals surface area contributed by atoms with Gasteiger partial charge >= 0.3 is 0 Å². The van der Waals surface area contributed by atoms with Gasteiger partial charge in [-0.25, -0.2) is 0 Å². The topological polar surface area (TPSA) is 32.3 Å². The third-order valence-corrected chi connectivity index (χ3v) is 1.17. The third-order valence-electron chi connectivity index (χ3n) is 0.565. The maximum atomic E-state index is 10.5. The van der Waals surface area contributed by atoms with Gasteiger partial charge in [-0.3, -0.25) is 8.32 Å². The van der Waals surface area contributed by atoms with Crippen LogP contribution in [0.15, 0.2) is 0 Å². The fourth-order valence-corrected chi connectivity index (χ4v) is 0.488. The summed E-state index contributed by atoms with van der Waals surface area (Å²) in [4.78, 5) is 12.3. The second-order valence-electron chi connectivity index (χ2n) is 1.76. The Kier molecular flexibility index (Phi) is 4.16. The van der Waals surface area contributed by atoms with Crippen LogP contribution in [0, 0.1) is 0 Å². The highest BCUT2D eigenvalue weighted by atomic mass is 127. The minimum atomic E-state index is 0.0376. The van der Waals surface area contributed by atoms with E-state index in [1.165, 1.54) is 0 Å². The summed E-state index contributed by atoms with van der Waals surface area (Å²) in [5.74, 6) is 0.0376. The smallest absolute Gasteiger partial charge is 0.242 e. The third kappa shape index (κ3) is 4.32. The standard InChI is InChI=1S/C4H9IN2O/c1-7(2)3-4(8)6-5/h3H2,1-2H3,(H,6,8). The van der Waals surface area contributed by atoms with Crippen molar-refractivity contribution in [3.8, 4) is 0 Å². The normalized spacial score (nSPS) is 9.50. The first kappa shape index (κ1) is 8.16. The van der Waals surface area contributed by atoms with Crippen LogP contribution in [0.1, 0.15) is 0 Å². The Hall–Kier alpha value is 0.160. The molecular weight excluding hydrogens is 219 g/mol. The van der Waals surface area contributed by atoms with Crippen molar-refractivity contribution < 1.29 is 4.79 Å². The van der Waals surface area contributed by atoms with Crippen molar-refractivity contribution >= 4 is 28.8 Å². The van der Waals surface area contributed by atoms with E-state index in [4.69, 9.17) is 0 Å². The molecule has 1 amide bonds. The molecule has 3 nitrogen and oxygen atoms in total. The second-order valence-corrected chi connectivity index (χ2v) is 2.29. The maximum Gasteiger partial charge on any atom is 0.242 e. The zero-order valence-corrected chi connectivity index (χ0v) is 7.10. The van der Waals surface area contributed by atoms with Gasteiger partial charge in [0.25, 0.3) is 0 Å². The van der Waals surface area contributed by atoms with Crippen LogP contribution in [0.25, 0.3) is 0 Å². The predicted molar refractivity (Wildman–Crippen MR) is 40.7 cm³/mol. The molecule has 0 atom stereocenters. The highest BCUT2D eigenvalue weighted by Crippen LogP contribution is 1.76. The molecular formula is C4H9IN2O. The van der Waals surface area contributed by atoms with Gasteiger partial charge in [-0.2, -0.15) is 0 Å². The van der Waals surface area contributed by atoms with Crippen LogP contribution >= 0.6 is 22.9 Å². The molecule has 0 aromatic carbocycles. The Bertz CT molecular complexity index is 84.1. The molecule has 0 saturated heterocycles. The maximum absolute atomic E-state index is 10.5.